The number of rotatable bonds is 6. The summed E-state index contributed by atoms with van der Waals surface area (Å²) in [6.07, 6.45) is 10.3. The van der Waals surface area contributed by atoms with Crippen molar-refractivity contribution in [1.82, 2.24) is 19.1 Å². The number of ether oxygens (including phenoxy) is 1. The zero-order valence-electron chi connectivity index (χ0n) is 20.4. The number of carbonyl (C=O) groups is 1. The van der Waals surface area contributed by atoms with Gasteiger partial charge in [-0.05, 0) is 59.5 Å². The van der Waals surface area contributed by atoms with Gasteiger partial charge >= 0.3 is 5.97 Å². The second kappa shape index (κ2) is 10.1. The lowest BCUT2D eigenvalue weighted by molar-refractivity contribution is 0.0694. The Labute approximate surface area is 231 Å². The van der Waals surface area contributed by atoms with Crippen LogP contribution in [0.15, 0.2) is 58.3 Å². The minimum absolute atomic E-state index is 0.0240. The van der Waals surface area contributed by atoms with Crippen molar-refractivity contribution >= 4 is 50.1 Å². The maximum atomic E-state index is 13.2. The summed E-state index contributed by atoms with van der Waals surface area (Å²) in [4.78, 5) is 36.2. The number of carboxylic acids is 1. The van der Waals surface area contributed by atoms with Crippen LogP contribution >= 0.6 is 27.5 Å². The molecule has 4 aromatic rings. The first kappa shape index (κ1) is 24.9. The van der Waals surface area contributed by atoms with Gasteiger partial charge < -0.3 is 23.9 Å². The van der Waals surface area contributed by atoms with Gasteiger partial charge in [-0.1, -0.05) is 11.6 Å². The molecule has 0 amide bonds. The maximum absolute atomic E-state index is 13.2. The van der Waals surface area contributed by atoms with Gasteiger partial charge in [0.2, 0.25) is 11.3 Å². The van der Waals surface area contributed by atoms with Crippen LogP contribution in [0.1, 0.15) is 41.5 Å². The maximum Gasteiger partial charge on any atom is 0.341 e. The Morgan fingerprint density at radius 1 is 1.21 bits per heavy atom. The second-order valence-corrected chi connectivity index (χ2v) is 10.9. The summed E-state index contributed by atoms with van der Waals surface area (Å²) < 4.78 is 10.8. The molecule has 6 rings (SSSR count). The first-order valence-electron chi connectivity index (χ1n) is 12.5. The lowest BCUT2D eigenvalue weighted by Gasteiger charge is -2.30. The van der Waals surface area contributed by atoms with Crippen LogP contribution in [0.5, 0.6) is 5.88 Å². The van der Waals surface area contributed by atoms with E-state index in [9.17, 15) is 14.7 Å². The van der Waals surface area contributed by atoms with E-state index in [0.29, 0.717) is 34.8 Å². The number of anilines is 1. The number of halogens is 2. The van der Waals surface area contributed by atoms with Crippen molar-refractivity contribution in [2.45, 2.75) is 44.3 Å². The van der Waals surface area contributed by atoms with E-state index in [-0.39, 0.29) is 17.6 Å². The highest BCUT2D eigenvalue weighted by molar-refractivity contribution is 9.10. The predicted octanol–water partition coefficient (Wildman–Crippen LogP) is 4.94. The molecular weight excluding hydrogens is 574 g/mol. The summed E-state index contributed by atoms with van der Waals surface area (Å²) >= 11 is 9.90. The van der Waals surface area contributed by atoms with E-state index in [2.05, 4.69) is 35.4 Å². The average Bonchev–Trinajstić information content (AvgIpc) is 3.57. The molecule has 0 saturated carbocycles. The van der Waals surface area contributed by atoms with Gasteiger partial charge in [0.05, 0.1) is 17.2 Å². The fourth-order valence-electron chi connectivity index (χ4n) is 5.58. The molecule has 11 heteroatoms. The Morgan fingerprint density at radius 3 is 2.89 bits per heavy atom. The van der Waals surface area contributed by atoms with E-state index in [1.807, 2.05) is 16.8 Å². The molecule has 2 aliphatic heterocycles. The van der Waals surface area contributed by atoms with Crippen molar-refractivity contribution in [2.75, 3.05) is 18.1 Å². The standard InChI is InChI=1S/C27H25BrClN5O4/c28-20-12-18-22(13-23(20)33-8-2-3-17(33)15-38-26-21(29)4-1-6-31-26)34(14-19(25(18)35)27(36)37)16-5-9-32-10-7-30-24(32)11-16/h1,4,6-7,10,12-14,16-17H,2-3,5,8-9,11,15H2,(H,36,37)/t16?,17-/m1/s1. The zero-order chi connectivity index (χ0) is 26.4. The third-order valence-electron chi connectivity index (χ3n) is 7.47. The van der Waals surface area contributed by atoms with E-state index in [0.717, 1.165) is 48.3 Å². The lowest BCUT2D eigenvalue weighted by Crippen LogP contribution is -2.34. The molecule has 2 atom stereocenters. The van der Waals surface area contributed by atoms with Gasteiger partial charge in [0.15, 0.2) is 0 Å². The Bertz CT molecular complexity index is 1600. The minimum Gasteiger partial charge on any atom is -0.477 e. The van der Waals surface area contributed by atoms with Crippen molar-refractivity contribution in [1.29, 1.82) is 0 Å². The predicted molar refractivity (Wildman–Crippen MR) is 148 cm³/mol. The number of fused-ring (bicyclic) bond motifs is 2. The van der Waals surface area contributed by atoms with Gasteiger partial charge in [0.25, 0.3) is 0 Å². The third kappa shape index (κ3) is 4.45. The first-order chi connectivity index (χ1) is 18.4. The Morgan fingerprint density at radius 2 is 2.08 bits per heavy atom. The molecule has 0 radical (unpaired) electrons. The van der Waals surface area contributed by atoms with Gasteiger partial charge in [-0.15, -0.1) is 0 Å². The fourth-order valence-corrected chi connectivity index (χ4v) is 6.33. The number of aromatic nitrogens is 4. The highest BCUT2D eigenvalue weighted by Crippen LogP contribution is 2.37. The number of aryl methyl sites for hydroxylation is 1. The van der Waals surface area contributed by atoms with E-state index >= 15 is 0 Å². The molecule has 196 valence electrons. The van der Waals surface area contributed by atoms with Crippen molar-refractivity contribution in [3.05, 3.63) is 80.2 Å². The molecule has 1 fully saturated rings. The summed E-state index contributed by atoms with van der Waals surface area (Å²) in [7, 11) is 0. The Balaban J connectivity index is 1.40. The number of pyridine rings is 2. The van der Waals surface area contributed by atoms with Crippen molar-refractivity contribution in [3.8, 4) is 5.88 Å². The number of carboxylic acid groups (broad SMARTS) is 1. The molecule has 9 nitrogen and oxygen atoms in total. The molecule has 3 aromatic heterocycles. The molecular formula is C27H25BrClN5O4. The van der Waals surface area contributed by atoms with E-state index in [1.54, 1.807) is 30.6 Å². The summed E-state index contributed by atoms with van der Waals surface area (Å²) in [6.45, 7) is 2.02. The van der Waals surface area contributed by atoms with Crippen LogP contribution in [0.2, 0.25) is 5.02 Å². The number of imidazole rings is 1. The minimum atomic E-state index is -1.23. The van der Waals surface area contributed by atoms with Crippen LogP contribution in [-0.4, -0.2) is 49.4 Å². The Hall–Kier alpha value is -3.37. The lowest BCUT2D eigenvalue weighted by atomic mass is 10.0. The zero-order valence-corrected chi connectivity index (χ0v) is 22.7. The molecule has 0 spiro atoms. The normalized spacial score (nSPS) is 19.1. The molecule has 1 aromatic carbocycles. The summed E-state index contributed by atoms with van der Waals surface area (Å²) in [5, 5.41) is 10.6. The molecule has 0 aliphatic carbocycles. The molecule has 2 aliphatic rings. The van der Waals surface area contributed by atoms with Gasteiger partial charge in [-0.3, -0.25) is 4.79 Å². The molecule has 5 heterocycles. The van der Waals surface area contributed by atoms with Crippen molar-refractivity contribution in [2.24, 2.45) is 0 Å². The van der Waals surface area contributed by atoms with Crippen LogP contribution < -0.4 is 15.1 Å². The molecule has 0 bridgehead atoms. The highest BCUT2D eigenvalue weighted by atomic mass is 79.9. The van der Waals surface area contributed by atoms with Gasteiger partial charge in [-0.2, -0.15) is 0 Å². The molecule has 38 heavy (non-hydrogen) atoms. The van der Waals surface area contributed by atoms with Crippen LogP contribution in [0.25, 0.3) is 10.9 Å². The second-order valence-electron chi connectivity index (χ2n) is 9.68. The quantitative estimate of drug-likeness (QED) is 0.335. The number of aromatic carboxylic acids is 1. The monoisotopic (exact) mass is 597 g/mol. The fraction of sp³-hybridized carbons (Fsp3) is 0.333. The summed E-state index contributed by atoms with van der Waals surface area (Å²) in [6, 6.07) is 7.33. The molecule has 1 saturated heterocycles. The van der Waals surface area contributed by atoms with E-state index in [1.165, 1.54) is 6.20 Å². The smallest absolute Gasteiger partial charge is 0.341 e. The number of hydrogen-bond donors (Lipinski definition) is 1. The van der Waals surface area contributed by atoms with Gasteiger partial charge in [0.1, 0.15) is 23.0 Å². The van der Waals surface area contributed by atoms with Gasteiger partial charge in [-0.25, -0.2) is 14.8 Å². The number of hydrogen-bond acceptors (Lipinski definition) is 6. The van der Waals surface area contributed by atoms with Crippen molar-refractivity contribution in [3.63, 3.8) is 0 Å². The molecule has 1 N–H and O–H groups in total. The number of benzene rings is 1. The number of nitrogens with zero attached hydrogens (tertiary/aromatic N) is 5. The molecule has 1 unspecified atom stereocenters. The average molecular weight is 599 g/mol. The van der Waals surface area contributed by atoms with Crippen LogP contribution in [0.4, 0.5) is 5.69 Å². The first-order valence-corrected chi connectivity index (χ1v) is 13.7. The van der Waals surface area contributed by atoms with Gasteiger partial charge in [0, 0.05) is 60.2 Å². The van der Waals surface area contributed by atoms with Crippen LogP contribution in [0.3, 0.4) is 0 Å². The van der Waals surface area contributed by atoms with Crippen LogP contribution in [-0.2, 0) is 13.0 Å². The summed E-state index contributed by atoms with van der Waals surface area (Å²) in [5.74, 6) is 0.129. The highest BCUT2D eigenvalue weighted by Gasteiger charge is 2.30. The Kier molecular flexibility index (Phi) is 6.61. The van der Waals surface area contributed by atoms with E-state index in [4.69, 9.17) is 16.3 Å². The van der Waals surface area contributed by atoms with Crippen molar-refractivity contribution < 1.29 is 14.6 Å². The summed E-state index contributed by atoms with van der Waals surface area (Å²) in [5.41, 5.74) is 0.928. The largest absolute Gasteiger partial charge is 0.477 e. The SMILES string of the molecule is O=C(O)c1cn(C2CCn3ccnc3C2)c2cc(N3CCC[C@@H]3COc3ncccc3Cl)c(Br)cc2c1=O. The third-order valence-corrected chi connectivity index (χ3v) is 8.39. The van der Waals surface area contributed by atoms with Crippen LogP contribution in [0, 0.1) is 0 Å². The topological polar surface area (TPSA) is 102 Å². The van der Waals surface area contributed by atoms with E-state index < -0.39 is 11.4 Å².